The van der Waals surface area contributed by atoms with E-state index in [1.165, 1.54) is 0 Å². The number of carbonyl (C=O) groups excluding carboxylic acids is 1. The molecule has 0 saturated carbocycles. The summed E-state index contributed by atoms with van der Waals surface area (Å²) in [5.74, 6) is 1.82. The van der Waals surface area contributed by atoms with Crippen molar-refractivity contribution < 1.29 is 14.3 Å². The Balaban J connectivity index is 1.54. The van der Waals surface area contributed by atoms with Gasteiger partial charge in [0.25, 0.3) is 0 Å². The summed E-state index contributed by atoms with van der Waals surface area (Å²) in [5, 5.41) is 0. The van der Waals surface area contributed by atoms with E-state index in [2.05, 4.69) is 4.90 Å². The summed E-state index contributed by atoms with van der Waals surface area (Å²) in [4.78, 5) is 13.4. The zero-order valence-electron chi connectivity index (χ0n) is 12.2. The number of para-hydroxylation sites is 2. The Labute approximate surface area is 125 Å². The Morgan fingerprint density at radius 2 is 2.14 bits per heavy atom. The molecule has 1 aromatic rings. The molecule has 0 unspecified atom stereocenters. The van der Waals surface area contributed by atoms with Gasteiger partial charge in [-0.3, -0.25) is 9.69 Å². The minimum absolute atomic E-state index is 0.0484. The first-order chi connectivity index (χ1) is 10.2. The summed E-state index contributed by atoms with van der Waals surface area (Å²) >= 11 is 0. The van der Waals surface area contributed by atoms with Crippen LogP contribution in [0.15, 0.2) is 24.3 Å². The van der Waals surface area contributed by atoms with Crippen LogP contribution in [0.4, 0.5) is 0 Å². The van der Waals surface area contributed by atoms with E-state index in [1.807, 2.05) is 24.3 Å². The normalized spacial score (nSPS) is 25.5. The van der Waals surface area contributed by atoms with Crippen molar-refractivity contribution in [2.24, 2.45) is 11.7 Å². The molecule has 0 aliphatic carbocycles. The van der Waals surface area contributed by atoms with E-state index >= 15 is 0 Å². The van der Waals surface area contributed by atoms with E-state index in [0.29, 0.717) is 18.9 Å². The van der Waals surface area contributed by atoms with Gasteiger partial charge in [0.15, 0.2) is 11.5 Å². The monoisotopic (exact) mass is 290 g/mol. The summed E-state index contributed by atoms with van der Waals surface area (Å²) in [5.41, 5.74) is 5.30. The van der Waals surface area contributed by atoms with Gasteiger partial charge in [-0.2, -0.15) is 0 Å². The molecule has 1 fully saturated rings. The molecule has 3 rings (SSSR count). The predicted octanol–water partition coefficient (Wildman–Crippen LogP) is 1.41. The minimum Gasteiger partial charge on any atom is -0.486 e. The molecule has 1 aromatic carbocycles. The number of benzene rings is 1. The van der Waals surface area contributed by atoms with Gasteiger partial charge in [0.05, 0.1) is 0 Å². The largest absolute Gasteiger partial charge is 0.486 e. The molecule has 2 heterocycles. The fourth-order valence-electron chi connectivity index (χ4n) is 3.21. The molecule has 2 atom stereocenters. The Morgan fingerprint density at radius 3 is 2.95 bits per heavy atom. The van der Waals surface area contributed by atoms with E-state index in [1.54, 1.807) is 0 Å². The molecule has 0 bridgehead atoms. The predicted molar refractivity (Wildman–Crippen MR) is 79.3 cm³/mol. The second kappa shape index (κ2) is 6.35. The average Bonchev–Trinajstić information content (AvgIpc) is 2.47. The van der Waals surface area contributed by atoms with Crippen LogP contribution in [0.25, 0.3) is 0 Å². The molecule has 0 radical (unpaired) electrons. The van der Waals surface area contributed by atoms with Crippen LogP contribution in [0.2, 0.25) is 0 Å². The number of piperidine rings is 1. The third kappa shape index (κ3) is 3.67. The van der Waals surface area contributed by atoms with E-state index < -0.39 is 0 Å². The standard InChI is InChI=1S/C16H22N2O3/c17-16(19)8-12-4-3-7-18(9-12)10-13-11-20-14-5-1-2-6-15(14)21-13/h1-2,5-6,12-13H,3-4,7-11H2,(H2,17,19)/t12-,13-/m0/s1. The first kappa shape index (κ1) is 14.2. The molecule has 2 aliphatic heterocycles. The summed E-state index contributed by atoms with van der Waals surface area (Å²) in [6.45, 7) is 3.39. The summed E-state index contributed by atoms with van der Waals surface area (Å²) < 4.78 is 11.7. The van der Waals surface area contributed by atoms with Crippen LogP contribution in [0.3, 0.4) is 0 Å². The van der Waals surface area contributed by atoms with Gasteiger partial charge in [0.1, 0.15) is 12.7 Å². The van der Waals surface area contributed by atoms with Crippen molar-refractivity contribution in [1.29, 1.82) is 0 Å². The maximum atomic E-state index is 11.1. The van der Waals surface area contributed by atoms with Crippen molar-refractivity contribution in [1.82, 2.24) is 4.90 Å². The highest BCUT2D eigenvalue weighted by Gasteiger charge is 2.27. The smallest absolute Gasteiger partial charge is 0.217 e. The molecule has 2 aliphatic rings. The quantitative estimate of drug-likeness (QED) is 0.910. The van der Waals surface area contributed by atoms with Gasteiger partial charge in [-0.15, -0.1) is 0 Å². The fourth-order valence-corrected chi connectivity index (χ4v) is 3.21. The molecule has 114 valence electrons. The highest BCUT2D eigenvalue weighted by molar-refractivity contribution is 5.74. The summed E-state index contributed by atoms with van der Waals surface area (Å²) in [6.07, 6.45) is 2.74. The number of primary amides is 1. The van der Waals surface area contributed by atoms with Gasteiger partial charge in [0, 0.05) is 19.5 Å². The Kier molecular flexibility index (Phi) is 4.29. The second-order valence-corrected chi connectivity index (χ2v) is 5.94. The minimum atomic E-state index is -0.201. The SMILES string of the molecule is NC(=O)C[C@@H]1CCCN(C[C@H]2COc3ccccc3O2)C1. The highest BCUT2D eigenvalue weighted by atomic mass is 16.6. The van der Waals surface area contributed by atoms with E-state index in [4.69, 9.17) is 15.2 Å². The van der Waals surface area contributed by atoms with Crippen LogP contribution >= 0.6 is 0 Å². The van der Waals surface area contributed by atoms with E-state index in [9.17, 15) is 4.79 Å². The van der Waals surface area contributed by atoms with Gasteiger partial charge in [-0.25, -0.2) is 0 Å². The number of amides is 1. The topological polar surface area (TPSA) is 64.8 Å². The lowest BCUT2D eigenvalue weighted by molar-refractivity contribution is -0.119. The lowest BCUT2D eigenvalue weighted by Crippen LogP contribution is -2.45. The van der Waals surface area contributed by atoms with Crippen LogP contribution in [0.1, 0.15) is 19.3 Å². The van der Waals surface area contributed by atoms with Gasteiger partial charge < -0.3 is 15.2 Å². The Bertz CT molecular complexity index is 506. The molecule has 2 N–H and O–H groups in total. The fraction of sp³-hybridized carbons (Fsp3) is 0.562. The number of hydrogen-bond donors (Lipinski definition) is 1. The van der Waals surface area contributed by atoms with E-state index in [0.717, 1.165) is 44.0 Å². The molecular weight excluding hydrogens is 268 g/mol. The van der Waals surface area contributed by atoms with Crippen LogP contribution < -0.4 is 15.2 Å². The van der Waals surface area contributed by atoms with Crippen LogP contribution in [-0.4, -0.2) is 43.2 Å². The number of likely N-dealkylation sites (tertiary alicyclic amines) is 1. The zero-order chi connectivity index (χ0) is 14.7. The second-order valence-electron chi connectivity index (χ2n) is 5.94. The molecule has 5 heteroatoms. The Morgan fingerprint density at radius 1 is 1.33 bits per heavy atom. The number of hydrogen-bond acceptors (Lipinski definition) is 4. The lowest BCUT2D eigenvalue weighted by atomic mass is 9.94. The summed E-state index contributed by atoms with van der Waals surface area (Å²) in [6, 6.07) is 7.76. The number of carbonyl (C=O) groups is 1. The molecule has 1 amide bonds. The van der Waals surface area contributed by atoms with Gasteiger partial charge >= 0.3 is 0 Å². The average molecular weight is 290 g/mol. The summed E-state index contributed by atoms with van der Waals surface area (Å²) in [7, 11) is 0. The number of ether oxygens (including phenoxy) is 2. The molecule has 0 spiro atoms. The van der Waals surface area contributed by atoms with Crippen molar-refractivity contribution in [3.8, 4) is 11.5 Å². The zero-order valence-corrected chi connectivity index (χ0v) is 12.2. The lowest BCUT2D eigenvalue weighted by Gasteiger charge is -2.36. The number of nitrogens with two attached hydrogens (primary N) is 1. The molecule has 1 saturated heterocycles. The van der Waals surface area contributed by atoms with Gasteiger partial charge in [0.2, 0.25) is 5.91 Å². The third-order valence-corrected chi connectivity index (χ3v) is 4.12. The van der Waals surface area contributed by atoms with E-state index in [-0.39, 0.29) is 12.0 Å². The van der Waals surface area contributed by atoms with Crippen molar-refractivity contribution in [2.75, 3.05) is 26.2 Å². The van der Waals surface area contributed by atoms with Gasteiger partial charge in [-0.1, -0.05) is 12.1 Å². The number of fused-ring (bicyclic) bond motifs is 1. The highest BCUT2D eigenvalue weighted by Crippen LogP contribution is 2.31. The van der Waals surface area contributed by atoms with Crippen LogP contribution in [0, 0.1) is 5.92 Å². The van der Waals surface area contributed by atoms with Crippen molar-refractivity contribution in [3.05, 3.63) is 24.3 Å². The number of nitrogens with zero attached hydrogens (tertiary/aromatic N) is 1. The van der Waals surface area contributed by atoms with Crippen molar-refractivity contribution in [3.63, 3.8) is 0 Å². The maximum absolute atomic E-state index is 11.1. The first-order valence-corrected chi connectivity index (χ1v) is 7.60. The maximum Gasteiger partial charge on any atom is 0.217 e. The van der Waals surface area contributed by atoms with Crippen LogP contribution in [-0.2, 0) is 4.79 Å². The van der Waals surface area contributed by atoms with Gasteiger partial charge in [-0.05, 0) is 37.4 Å². The third-order valence-electron chi connectivity index (χ3n) is 4.12. The molecule has 21 heavy (non-hydrogen) atoms. The van der Waals surface area contributed by atoms with Crippen molar-refractivity contribution >= 4 is 5.91 Å². The van der Waals surface area contributed by atoms with Crippen molar-refractivity contribution in [2.45, 2.75) is 25.4 Å². The molecule has 5 nitrogen and oxygen atoms in total. The Hall–Kier alpha value is -1.75. The van der Waals surface area contributed by atoms with Crippen LogP contribution in [0.5, 0.6) is 11.5 Å². The molecule has 0 aromatic heterocycles. The molecular formula is C16H22N2O3. The first-order valence-electron chi connectivity index (χ1n) is 7.60. The number of rotatable bonds is 4.